The average Bonchev–Trinajstić information content (AvgIpc) is 2.15. The number of fused-ring (bicyclic) bond motifs is 1. The van der Waals surface area contributed by atoms with E-state index < -0.39 is 0 Å². The van der Waals surface area contributed by atoms with Crippen molar-refractivity contribution in [2.75, 3.05) is 0 Å². The molecular formula is C15H28. The Morgan fingerprint density at radius 3 is 2.67 bits per heavy atom. The Labute approximate surface area is 95.8 Å². The highest BCUT2D eigenvalue weighted by atomic mass is 14.5. The molecule has 0 aromatic rings. The molecule has 0 aromatic carbocycles. The second-order valence-electron chi connectivity index (χ2n) is 6.87. The van der Waals surface area contributed by atoms with Gasteiger partial charge < -0.3 is 0 Å². The largest absolute Gasteiger partial charge is 0.0628 e. The molecule has 2 aliphatic carbocycles. The molecule has 88 valence electrons. The van der Waals surface area contributed by atoms with Crippen LogP contribution in [0.25, 0.3) is 0 Å². The minimum Gasteiger partial charge on any atom is -0.0628 e. The average molecular weight is 208 g/mol. The SMILES string of the molecule is CC(C)CC1CC[C@H]2CCCC[C@]2(C)C1. The van der Waals surface area contributed by atoms with Crippen LogP contribution in [-0.2, 0) is 0 Å². The van der Waals surface area contributed by atoms with Gasteiger partial charge in [0.1, 0.15) is 0 Å². The highest BCUT2D eigenvalue weighted by Crippen LogP contribution is 2.52. The molecule has 0 heterocycles. The standard InChI is InChI=1S/C15H28/c1-12(2)10-13-7-8-14-6-4-5-9-15(14,3)11-13/h12-14H,4-11H2,1-3H3/t13?,14-,15-/m1/s1. The quantitative estimate of drug-likeness (QED) is 0.597. The van der Waals surface area contributed by atoms with E-state index in [0.717, 1.165) is 23.2 Å². The van der Waals surface area contributed by atoms with Crippen molar-refractivity contribution in [3.05, 3.63) is 0 Å². The molecule has 0 N–H and O–H groups in total. The van der Waals surface area contributed by atoms with Crippen molar-refractivity contribution in [2.45, 2.75) is 72.1 Å². The molecule has 2 fully saturated rings. The lowest BCUT2D eigenvalue weighted by molar-refractivity contribution is 0.0282. The summed E-state index contributed by atoms with van der Waals surface area (Å²) in [6.45, 7) is 7.36. The Morgan fingerprint density at radius 1 is 1.13 bits per heavy atom. The summed E-state index contributed by atoms with van der Waals surface area (Å²) in [6.07, 6.45) is 12.1. The van der Waals surface area contributed by atoms with Crippen LogP contribution in [0.5, 0.6) is 0 Å². The first kappa shape index (κ1) is 11.5. The summed E-state index contributed by atoms with van der Waals surface area (Å²) in [7, 11) is 0. The van der Waals surface area contributed by atoms with Gasteiger partial charge >= 0.3 is 0 Å². The third kappa shape index (κ3) is 2.57. The topological polar surface area (TPSA) is 0 Å². The Bertz CT molecular complexity index is 206. The van der Waals surface area contributed by atoms with Crippen molar-refractivity contribution in [1.29, 1.82) is 0 Å². The van der Waals surface area contributed by atoms with Gasteiger partial charge in [-0.15, -0.1) is 0 Å². The van der Waals surface area contributed by atoms with Gasteiger partial charge in [0.25, 0.3) is 0 Å². The number of hydrogen-bond acceptors (Lipinski definition) is 0. The van der Waals surface area contributed by atoms with Crippen LogP contribution >= 0.6 is 0 Å². The predicted octanol–water partition coefficient (Wildman–Crippen LogP) is 5.03. The Morgan fingerprint density at radius 2 is 1.93 bits per heavy atom. The van der Waals surface area contributed by atoms with Gasteiger partial charge in [-0.25, -0.2) is 0 Å². The lowest BCUT2D eigenvalue weighted by Gasteiger charge is -2.48. The summed E-state index contributed by atoms with van der Waals surface area (Å²) < 4.78 is 0. The summed E-state index contributed by atoms with van der Waals surface area (Å²) in [5.74, 6) is 3.03. The van der Waals surface area contributed by atoms with E-state index in [4.69, 9.17) is 0 Å². The fourth-order valence-electron chi connectivity index (χ4n) is 4.30. The first-order chi connectivity index (χ1) is 7.10. The normalized spacial score (nSPS) is 41.6. The van der Waals surface area contributed by atoms with E-state index in [1.54, 1.807) is 0 Å². The predicted molar refractivity (Wildman–Crippen MR) is 66.9 cm³/mol. The van der Waals surface area contributed by atoms with Crippen LogP contribution in [-0.4, -0.2) is 0 Å². The van der Waals surface area contributed by atoms with Crippen LogP contribution in [0, 0.1) is 23.2 Å². The van der Waals surface area contributed by atoms with Gasteiger partial charge in [0.15, 0.2) is 0 Å². The second kappa shape index (κ2) is 4.47. The van der Waals surface area contributed by atoms with Crippen LogP contribution in [0.15, 0.2) is 0 Å². The molecule has 2 rings (SSSR count). The van der Waals surface area contributed by atoms with Crippen LogP contribution in [0.4, 0.5) is 0 Å². The lowest BCUT2D eigenvalue weighted by Crippen LogP contribution is -2.37. The van der Waals surface area contributed by atoms with Crippen molar-refractivity contribution >= 4 is 0 Å². The summed E-state index contributed by atoms with van der Waals surface area (Å²) >= 11 is 0. The molecular weight excluding hydrogens is 180 g/mol. The van der Waals surface area contributed by atoms with Crippen molar-refractivity contribution in [1.82, 2.24) is 0 Å². The van der Waals surface area contributed by atoms with Crippen LogP contribution in [0.1, 0.15) is 72.1 Å². The number of hydrogen-bond donors (Lipinski definition) is 0. The van der Waals surface area contributed by atoms with E-state index >= 15 is 0 Å². The molecule has 0 aromatic heterocycles. The van der Waals surface area contributed by atoms with Gasteiger partial charge in [0, 0.05) is 0 Å². The molecule has 1 unspecified atom stereocenters. The van der Waals surface area contributed by atoms with Crippen LogP contribution < -0.4 is 0 Å². The summed E-state index contributed by atoms with van der Waals surface area (Å²) in [5, 5.41) is 0. The van der Waals surface area contributed by atoms with E-state index in [1.165, 1.54) is 51.4 Å². The van der Waals surface area contributed by atoms with Gasteiger partial charge in [-0.3, -0.25) is 0 Å². The van der Waals surface area contributed by atoms with E-state index in [0.29, 0.717) is 0 Å². The monoisotopic (exact) mass is 208 g/mol. The van der Waals surface area contributed by atoms with Crippen LogP contribution in [0.3, 0.4) is 0 Å². The Balaban J connectivity index is 1.95. The molecule has 15 heavy (non-hydrogen) atoms. The second-order valence-corrected chi connectivity index (χ2v) is 6.87. The maximum atomic E-state index is 2.59. The van der Waals surface area contributed by atoms with Gasteiger partial charge in [0.2, 0.25) is 0 Å². The molecule has 2 aliphatic rings. The molecule has 0 aliphatic heterocycles. The van der Waals surface area contributed by atoms with Crippen molar-refractivity contribution in [3.63, 3.8) is 0 Å². The van der Waals surface area contributed by atoms with Gasteiger partial charge in [0.05, 0.1) is 0 Å². The smallest absolute Gasteiger partial charge is 0.0295 e. The summed E-state index contributed by atoms with van der Waals surface area (Å²) in [6, 6.07) is 0. The van der Waals surface area contributed by atoms with Gasteiger partial charge in [-0.1, -0.05) is 40.0 Å². The highest BCUT2D eigenvalue weighted by Gasteiger charge is 2.41. The van der Waals surface area contributed by atoms with Crippen molar-refractivity contribution in [3.8, 4) is 0 Å². The molecule has 0 nitrogen and oxygen atoms in total. The molecule has 0 radical (unpaired) electrons. The van der Waals surface area contributed by atoms with E-state index in [1.807, 2.05) is 0 Å². The zero-order chi connectivity index (χ0) is 10.9. The first-order valence-corrected chi connectivity index (χ1v) is 7.10. The van der Waals surface area contributed by atoms with Crippen molar-refractivity contribution in [2.24, 2.45) is 23.2 Å². The molecule has 0 heteroatoms. The zero-order valence-corrected chi connectivity index (χ0v) is 10.9. The number of rotatable bonds is 2. The summed E-state index contributed by atoms with van der Waals surface area (Å²) in [4.78, 5) is 0. The first-order valence-electron chi connectivity index (χ1n) is 7.10. The maximum absolute atomic E-state index is 2.59. The fourth-order valence-corrected chi connectivity index (χ4v) is 4.30. The maximum Gasteiger partial charge on any atom is -0.0295 e. The van der Waals surface area contributed by atoms with Gasteiger partial charge in [-0.2, -0.15) is 0 Å². The van der Waals surface area contributed by atoms with E-state index in [2.05, 4.69) is 20.8 Å². The molecule has 0 bridgehead atoms. The Hall–Kier alpha value is 0. The lowest BCUT2D eigenvalue weighted by atomic mass is 9.57. The zero-order valence-electron chi connectivity index (χ0n) is 10.9. The molecule has 0 amide bonds. The fraction of sp³-hybridized carbons (Fsp3) is 1.00. The molecule has 0 saturated heterocycles. The minimum atomic E-state index is 0.732. The van der Waals surface area contributed by atoms with E-state index in [9.17, 15) is 0 Å². The molecule has 2 saturated carbocycles. The Kier molecular flexibility index (Phi) is 3.42. The third-order valence-electron chi connectivity index (χ3n) is 5.02. The van der Waals surface area contributed by atoms with E-state index in [-0.39, 0.29) is 0 Å². The molecule has 0 spiro atoms. The molecule has 3 atom stereocenters. The minimum absolute atomic E-state index is 0.732. The highest BCUT2D eigenvalue weighted by molar-refractivity contribution is 4.92. The van der Waals surface area contributed by atoms with Crippen LogP contribution in [0.2, 0.25) is 0 Å². The van der Waals surface area contributed by atoms with Crippen molar-refractivity contribution < 1.29 is 0 Å². The van der Waals surface area contributed by atoms with Gasteiger partial charge in [-0.05, 0) is 55.3 Å². The third-order valence-corrected chi connectivity index (χ3v) is 5.02. The summed E-state index contributed by atoms with van der Waals surface area (Å²) in [5.41, 5.74) is 0.732.